The van der Waals surface area contributed by atoms with Crippen LogP contribution in [0.3, 0.4) is 0 Å². The van der Waals surface area contributed by atoms with E-state index in [0.717, 1.165) is 11.1 Å². The van der Waals surface area contributed by atoms with Crippen LogP contribution in [0.2, 0.25) is 0 Å². The summed E-state index contributed by atoms with van der Waals surface area (Å²) in [7, 11) is 3.18. The van der Waals surface area contributed by atoms with Gasteiger partial charge in [-0.1, -0.05) is 32.9 Å². The number of ether oxygens (including phenoxy) is 2. The fourth-order valence-electron chi connectivity index (χ4n) is 3.37. The second-order valence-corrected chi connectivity index (χ2v) is 8.69. The number of methoxy groups -OCH3 is 2. The number of aryl methyl sites for hydroxylation is 1. The molecule has 1 atom stereocenters. The molecule has 2 aromatic carbocycles. The summed E-state index contributed by atoms with van der Waals surface area (Å²) in [4.78, 5) is 24.7. The van der Waals surface area contributed by atoms with Crippen LogP contribution in [0.5, 0.6) is 11.5 Å². The standard InChI is InChI=1S/C25H34N2O4/c1-16-14-21(30-6)22(31-7)15-20(16)17(2)27-23(28)12-13-26-24(29)18-8-10-19(11-9-18)25(3,4)5/h8-11,14-15,17H,12-13H2,1-7H3,(H,26,29)(H,27,28). The van der Waals surface area contributed by atoms with Crippen molar-refractivity contribution in [3.8, 4) is 11.5 Å². The molecular weight excluding hydrogens is 392 g/mol. The van der Waals surface area contributed by atoms with Crippen LogP contribution in [0.1, 0.15) is 67.2 Å². The molecule has 0 aliphatic heterocycles. The highest BCUT2D eigenvalue weighted by Crippen LogP contribution is 2.32. The van der Waals surface area contributed by atoms with Gasteiger partial charge in [0.25, 0.3) is 5.91 Å². The molecule has 0 aromatic heterocycles. The molecule has 0 heterocycles. The van der Waals surface area contributed by atoms with E-state index >= 15 is 0 Å². The van der Waals surface area contributed by atoms with Gasteiger partial charge >= 0.3 is 0 Å². The van der Waals surface area contributed by atoms with Crippen LogP contribution >= 0.6 is 0 Å². The molecule has 6 heteroatoms. The van der Waals surface area contributed by atoms with E-state index in [1.54, 1.807) is 14.2 Å². The van der Waals surface area contributed by atoms with Gasteiger partial charge in [-0.05, 0) is 60.2 Å². The molecule has 0 saturated carbocycles. The number of carbonyl (C=O) groups excluding carboxylic acids is 2. The van der Waals surface area contributed by atoms with Gasteiger partial charge in [-0.25, -0.2) is 0 Å². The Hall–Kier alpha value is -3.02. The van der Waals surface area contributed by atoms with Gasteiger partial charge in [0.15, 0.2) is 11.5 Å². The quantitative estimate of drug-likeness (QED) is 0.660. The molecule has 0 radical (unpaired) electrons. The van der Waals surface area contributed by atoms with Crippen LogP contribution in [-0.2, 0) is 10.2 Å². The summed E-state index contributed by atoms with van der Waals surface area (Å²) in [6.45, 7) is 10.5. The largest absolute Gasteiger partial charge is 0.493 e. The Kier molecular flexibility index (Phi) is 8.08. The first kappa shape index (κ1) is 24.3. The Morgan fingerprint density at radius 2 is 1.58 bits per heavy atom. The number of carbonyl (C=O) groups is 2. The van der Waals surface area contributed by atoms with Gasteiger partial charge < -0.3 is 20.1 Å². The summed E-state index contributed by atoms with van der Waals surface area (Å²) in [5, 5.41) is 5.79. The molecule has 0 aliphatic carbocycles. The SMILES string of the molecule is COc1cc(C)c(C(C)NC(=O)CCNC(=O)c2ccc(C(C)(C)C)cc2)cc1OC. The van der Waals surface area contributed by atoms with Crippen molar-refractivity contribution in [3.63, 3.8) is 0 Å². The van der Waals surface area contributed by atoms with Gasteiger partial charge in [-0.2, -0.15) is 0 Å². The number of nitrogens with one attached hydrogen (secondary N) is 2. The highest BCUT2D eigenvalue weighted by molar-refractivity contribution is 5.94. The minimum absolute atomic E-state index is 0.0377. The lowest BCUT2D eigenvalue weighted by Crippen LogP contribution is -2.32. The maximum absolute atomic E-state index is 12.4. The molecule has 2 rings (SSSR count). The van der Waals surface area contributed by atoms with Crippen molar-refractivity contribution in [2.75, 3.05) is 20.8 Å². The van der Waals surface area contributed by atoms with Crippen molar-refractivity contribution < 1.29 is 19.1 Å². The summed E-state index contributed by atoms with van der Waals surface area (Å²) in [5.74, 6) is 0.955. The van der Waals surface area contributed by atoms with Crippen LogP contribution in [-0.4, -0.2) is 32.6 Å². The zero-order valence-corrected chi connectivity index (χ0v) is 19.6. The fourth-order valence-corrected chi connectivity index (χ4v) is 3.37. The van der Waals surface area contributed by atoms with Gasteiger partial charge in [-0.3, -0.25) is 9.59 Å². The van der Waals surface area contributed by atoms with Crippen LogP contribution < -0.4 is 20.1 Å². The predicted octanol–water partition coefficient (Wildman–Crippen LogP) is 4.31. The molecule has 0 saturated heterocycles. The molecule has 31 heavy (non-hydrogen) atoms. The lowest BCUT2D eigenvalue weighted by Gasteiger charge is -2.19. The van der Waals surface area contributed by atoms with E-state index in [-0.39, 0.29) is 36.2 Å². The summed E-state index contributed by atoms with van der Waals surface area (Å²) in [5.41, 5.74) is 3.74. The molecule has 168 valence electrons. The summed E-state index contributed by atoms with van der Waals surface area (Å²) < 4.78 is 10.7. The van der Waals surface area contributed by atoms with Crippen LogP contribution in [0.4, 0.5) is 0 Å². The normalized spacial score (nSPS) is 12.1. The molecule has 2 N–H and O–H groups in total. The first-order valence-corrected chi connectivity index (χ1v) is 10.5. The van der Waals surface area contributed by atoms with E-state index in [0.29, 0.717) is 17.1 Å². The van der Waals surface area contributed by atoms with Crippen molar-refractivity contribution in [2.45, 2.75) is 52.5 Å². The molecule has 6 nitrogen and oxygen atoms in total. The third-order valence-electron chi connectivity index (χ3n) is 5.27. The van der Waals surface area contributed by atoms with E-state index in [2.05, 4.69) is 31.4 Å². The van der Waals surface area contributed by atoms with Crippen molar-refractivity contribution in [1.82, 2.24) is 10.6 Å². The fraction of sp³-hybridized carbons (Fsp3) is 0.440. The van der Waals surface area contributed by atoms with E-state index in [9.17, 15) is 9.59 Å². The zero-order valence-electron chi connectivity index (χ0n) is 19.6. The molecule has 0 fully saturated rings. The Morgan fingerprint density at radius 3 is 2.13 bits per heavy atom. The predicted molar refractivity (Wildman–Crippen MR) is 123 cm³/mol. The van der Waals surface area contributed by atoms with Crippen LogP contribution in [0.15, 0.2) is 36.4 Å². The van der Waals surface area contributed by atoms with E-state index < -0.39 is 0 Å². The average molecular weight is 427 g/mol. The van der Waals surface area contributed by atoms with Gasteiger partial charge in [0.05, 0.1) is 20.3 Å². The number of rotatable bonds is 8. The summed E-state index contributed by atoms with van der Waals surface area (Å²) in [6, 6.07) is 11.1. The first-order valence-electron chi connectivity index (χ1n) is 10.5. The lowest BCUT2D eigenvalue weighted by molar-refractivity contribution is -0.121. The highest BCUT2D eigenvalue weighted by atomic mass is 16.5. The minimum Gasteiger partial charge on any atom is -0.493 e. The Morgan fingerprint density at radius 1 is 1.00 bits per heavy atom. The highest BCUT2D eigenvalue weighted by Gasteiger charge is 2.17. The lowest BCUT2D eigenvalue weighted by atomic mass is 9.87. The molecule has 1 unspecified atom stereocenters. The second kappa shape index (κ2) is 10.3. The number of benzene rings is 2. The maximum atomic E-state index is 12.4. The minimum atomic E-state index is -0.201. The molecule has 0 aliphatic rings. The summed E-state index contributed by atoms with van der Waals surface area (Å²) in [6.07, 6.45) is 0.197. The van der Waals surface area contributed by atoms with Crippen molar-refractivity contribution in [1.29, 1.82) is 0 Å². The Labute approximate surface area is 185 Å². The number of hydrogen-bond donors (Lipinski definition) is 2. The number of amides is 2. The second-order valence-electron chi connectivity index (χ2n) is 8.69. The molecular formula is C25H34N2O4. The van der Waals surface area contributed by atoms with Crippen molar-refractivity contribution in [3.05, 3.63) is 58.7 Å². The smallest absolute Gasteiger partial charge is 0.251 e. The first-order chi connectivity index (χ1) is 14.6. The summed E-state index contributed by atoms with van der Waals surface area (Å²) >= 11 is 0. The van der Waals surface area contributed by atoms with Crippen LogP contribution in [0, 0.1) is 6.92 Å². The molecule has 0 bridgehead atoms. The van der Waals surface area contributed by atoms with E-state index in [1.165, 1.54) is 5.56 Å². The third-order valence-corrected chi connectivity index (χ3v) is 5.27. The average Bonchev–Trinajstić information content (AvgIpc) is 2.72. The van der Waals surface area contributed by atoms with Crippen molar-refractivity contribution in [2.24, 2.45) is 0 Å². The van der Waals surface area contributed by atoms with Gasteiger partial charge in [0.1, 0.15) is 0 Å². The van der Waals surface area contributed by atoms with Gasteiger partial charge in [-0.15, -0.1) is 0 Å². The van der Waals surface area contributed by atoms with Gasteiger partial charge in [0.2, 0.25) is 5.91 Å². The Bertz CT molecular complexity index is 914. The number of hydrogen-bond acceptors (Lipinski definition) is 4. The van der Waals surface area contributed by atoms with E-state index in [4.69, 9.17) is 9.47 Å². The zero-order chi connectivity index (χ0) is 23.2. The van der Waals surface area contributed by atoms with E-state index in [1.807, 2.05) is 50.2 Å². The van der Waals surface area contributed by atoms with Gasteiger partial charge in [0, 0.05) is 18.5 Å². The topological polar surface area (TPSA) is 76.7 Å². The molecule has 0 spiro atoms. The molecule has 2 amide bonds. The third kappa shape index (κ3) is 6.48. The van der Waals surface area contributed by atoms with Crippen LogP contribution in [0.25, 0.3) is 0 Å². The van der Waals surface area contributed by atoms with Crippen molar-refractivity contribution >= 4 is 11.8 Å². The molecule has 2 aromatic rings. The maximum Gasteiger partial charge on any atom is 0.251 e. The Balaban J connectivity index is 1.88. The monoisotopic (exact) mass is 426 g/mol.